The predicted octanol–water partition coefficient (Wildman–Crippen LogP) is 5.26. The second-order valence-corrected chi connectivity index (χ2v) is 9.08. The first-order valence-electron chi connectivity index (χ1n) is 9.79. The van der Waals surface area contributed by atoms with Crippen molar-refractivity contribution in [2.45, 2.75) is 43.4 Å². The predicted molar refractivity (Wildman–Crippen MR) is 112 cm³/mol. The molecule has 4 heteroatoms. The lowest BCUT2D eigenvalue weighted by molar-refractivity contribution is 0.0478. The average molecular weight is 384 g/mol. The van der Waals surface area contributed by atoms with Crippen LogP contribution in [0.3, 0.4) is 0 Å². The minimum Gasteiger partial charge on any atom is -0.376 e. The molecule has 1 fully saturated rings. The van der Waals surface area contributed by atoms with Crippen LogP contribution >= 0.6 is 11.8 Å². The summed E-state index contributed by atoms with van der Waals surface area (Å²) in [6, 6.07) is 18.3. The van der Waals surface area contributed by atoms with E-state index in [9.17, 15) is 4.79 Å². The van der Waals surface area contributed by atoms with Gasteiger partial charge in [0.05, 0.1) is 6.61 Å². The number of hydrogen-bond donors (Lipinski definition) is 0. The van der Waals surface area contributed by atoms with Gasteiger partial charge in [0.1, 0.15) is 0 Å². The Morgan fingerprint density at radius 3 is 2.37 bits per heavy atom. The number of benzene rings is 2. The van der Waals surface area contributed by atoms with E-state index in [1.54, 1.807) is 0 Å². The molecule has 0 atom stereocenters. The maximum atomic E-state index is 12.7. The summed E-state index contributed by atoms with van der Waals surface area (Å²) in [6.07, 6.45) is 2.03. The maximum Gasteiger partial charge on any atom is 0.253 e. The highest BCUT2D eigenvalue weighted by Gasteiger charge is 2.23. The molecular weight excluding hydrogens is 354 g/mol. The normalized spacial score (nSPS) is 15.3. The Morgan fingerprint density at radius 2 is 1.74 bits per heavy atom. The van der Waals surface area contributed by atoms with Gasteiger partial charge in [-0.15, -0.1) is 11.8 Å². The molecule has 144 valence electrons. The Labute approximate surface area is 167 Å². The third-order valence-corrected chi connectivity index (χ3v) is 5.86. The van der Waals surface area contributed by atoms with Crippen molar-refractivity contribution in [2.24, 2.45) is 5.92 Å². The molecule has 0 saturated carbocycles. The Morgan fingerprint density at radius 1 is 1.07 bits per heavy atom. The Hall–Kier alpha value is -1.78. The number of thioether (sulfide) groups is 1. The molecule has 2 aromatic rings. The van der Waals surface area contributed by atoms with Gasteiger partial charge in [-0.25, -0.2) is 0 Å². The van der Waals surface area contributed by atoms with Crippen LogP contribution in [-0.2, 0) is 11.3 Å². The molecule has 1 saturated heterocycles. The van der Waals surface area contributed by atoms with Gasteiger partial charge in [-0.2, -0.15) is 0 Å². The molecule has 0 bridgehead atoms. The first kappa shape index (κ1) is 20.0. The van der Waals surface area contributed by atoms with Crippen molar-refractivity contribution in [3.63, 3.8) is 0 Å². The lowest BCUT2D eigenvalue weighted by Gasteiger charge is -2.32. The van der Waals surface area contributed by atoms with Crippen LogP contribution in [0, 0.1) is 5.92 Å². The molecule has 2 aromatic carbocycles. The molecule has 0 unspecified atom stereocenters. The zero-order chi connectivity index (χ0) is 19.1. The van der Waals surface area contributed by atoms with Crippen LogP contribution in [0.15, 0.2) is 59.5 Å². The first-order chi connectivity index (χ1) is 13.1. The highest BCUT2D eigenvalue weighted by molar-refractivity contribution is 7.99. The summed E-state index contributed by atoms with van der Waals surface area (Å²) in [5.41, 5.74) is 2.01. The smallest absolute Gasteiger partial charge is 0.253 e. The molecule has 0 spiro atoms. The van der Waals surface area contributed by atoms with Crippen molar-refractivity contribution < 1.29 is 9.53 Å². The van der Waals surface area contributed by atoms with E-state index in [-0.39, 0.29) is 5.91 Å². The molecule has 0 aromatic heterocycles. The van der Waals surface area contributed by atoms with Gasteiger partial charge in [0.15, 0.2) is 0 Å². The van der Waals surface area contributed by atoms with E-state index in [0.717, 1.165) is 38.1 Å². The molecule has 1 aliphatic rings. The van der Waals surface area contributed by atoms with E-state index in [1.807, 2.05) is 47.0 Å². The summed E-state index contributed by atoms with van der Waals surface area (Å²) in [7, 11) is 0. The number of rotatable bonds is 7. The van der Waals surface area contributed by atoms with E-state index >= 15 is 0 Å². The van der Waals surface area contributed by atoms with E-state index < -0.39 is 0 Å². The van der Waals surface area contributed by atoms with Crippen molar-refractivity contribution >= 4 is 17.7 Å². The number of amides is 1. The van der Waals surface area contributed by atoms with Gasteiger partial charge in [-0.1, -0.05) is 44.2 Å². The Kier molecular flexibility index (Phi) is 7.36. The van der Waals surface area contributed by atoms with Gasteiger partial charge in [0.25, 0.3) is 5.91 Å². The van der Waals surface area contributed by atoms with Crippen molar-refractivity contribution in [1.82, 2.24) is 4.90 Å². The second kappa shape index (κ2) is 9.95. The van der Waals surface area contributed by atoms with Crippen molar-refractivity contribution in [2.75, 3.05) is 19.7 Å². The monoisotopic (exact) mass is 383 g/mol. The van der Waals surface area contributed by atoms with Crippen LogP contribution in [0.1, 0.15) is 42.6 Å². The van der Waals surface area contributed by atoms with Crippen molar-refractivity contribution in [3.05, 3.63) is 65.7 Å². The third-order valence-electron chi connectivity index (χ3n) is 4.84. The number of hydrogen-bond acceptors (Lipinski definition) is 3. The molecule has 1 heterocycles. The second-order valence-electron chi connectivity index (χ2n) is 7.43. The number of carbonyl (C=O) groups is 1. The fraction of sp³-hybridized carbons (Fsp3) is 0.435. The zero-order valence-electron chi connectivity index (χ0n) is 16.3. The molecule has 3 nitrogen and oxygen atoms in total. The lowest BCUT2D eigenvalue weighted by Crippen LogP contribution is -2.39. The molecule has 1 aliphatic heterocycles. The summed E-state index contributed by atoms with van der Waals surface area (Å²) >= 11 is 1.82. The topological polar surface area (TPSA) is 29.5 Å². The van der Waals surface area contributed by atoms with Crippen LogP contribution < -0.4 is 0 Å². The molecule has 0 radical (unpaired) electrons. The van der Waals surface area contributed by atoms with Gasteiger partial charge in [-0.3, -0.25) is 4.79 Å². The number of piperidine rings is 1. The van der Waals surface area contributed by atoms with Crippen LogP contribution in [0.4, 0.5) is 0 Å². The number of likely N-dealkylation sites (tertiary alicyclic amines) is 1. The Bertz CT molecular complexity index is 707. The largest absolute Gasteiger partial charge is 0.376 e. The van der Waals surface area contributed by atoms with Crippen LogP contribution in [0.2, 0.25) is 0 Å². The summed E-state index contributed by atoms with van der Waals surface area (Å²) in [5.74, 6) is 0.697. The van der Waals surface area contributed by atoms with Crippen LogP contribution in [0.5, 0.6) is 0 Å². The Balaban J connectivity index is 1.42. The minimum absolute atomic E-state index is 0.153. The van der Waals surface area contributed by atoms with E-state index in [0.29, 0.717) is 17.8 Å². The summed E-state index contributed by atoms with van der Waals surface area (Å²) in [4.78, 5) is 15.9. The fourth-order valence-electron chi connectivity index (χ4n) is 3.35. The fourth-order valence-corrected chi connectivity index (χ4v) is 4.19. The molecule has 3 rings (SSSR count). The van der Waals surface area contributed by atoms with Crippen LogP contribution in [-0.4, -0.2) is 35.8 Å². The minimum atomic E-state index is 0.153. The SMILES string of the molecule is CC(C)Sc1ccc(C(=O)N2CCC(COCc3ccccc3)CC2)cc1. The highest BCUT2D eigenvalue weighted by atomic mass is 32.2. The van der Waals surface area contributed by atoms with E-state index in [2.05, 4.69) is 38.1 Å². The van der Waals surface area contributed by atoms with Gasteiger partial charge in [-0.05, 0) is 48.6 Å². The van der Waals surface area contributed by atoms with Gasteiger partial charge in [0, 0.05) is 35.4 Å². The van der Waals surface area contributed by atoms with Crippen molar-refractivity contribution in [3.8, 4) is 0 Å². The first-order valence-corrected chi connectivity index (χ1v) is 10.7. The molecule has 1 amide bonds. The number of carbonyl (C=O) groups excluding carboxylic acids is 1. The molecule has 0 aliphatic carbocycles. The summed E-state index contributed by atoms with van der Waals surface area (Å²) < 4.78 is 5.88. The molecular formula is C23H29NO2S. The summed E-state index contributed by atoms with van der Waals surface area (Å²) in [5, 5.41) is 0.551. The average Bonchev–Trinajstić information content (AvgIpc) is 2.69. The van der Waals surface area contributed by atoms with Gasteiger partial charge >= 0.3 is 0 Å². The lowest BCUT2D eigenvalue weighted by atomic mass is 9.97. The third kappa shape index (κ3) is 6.12. The number of ether oxygens (including phenoxy) is 1. The quantitative estimate of drug-likeness (QED) is 0.611. The van der Waals surface area contributed by atoms with Crippen molar-refractivity contribution in [1.29, 1.82) is 0 Å². The van der Waals surface area contributed by atoms with E-state index in [1.165, 1.54) is 10.5 Å². The standard InChI is InChI=1S/C23H29NO2S/c1-18(2)27-22-10-8-21(9-11-22)23(25)24-14-12-20(13-15-24)17-26-16-19-6-4-3-5-7-19/h3-11,18,20H,12-17H2,1-2H3. The number of nitrogens with zero attached hydrogens (tertiary/aromatic N) is 1. The zero-order valence-corrected chi connectivity index (χ0v) is 17.1. The maximum absolute atomic E-state index is 12.7. The summed E-state index contributed by atoms with van der Waals surface area (Å²) in [6.45, 7) is 7.44. The van der Waals surface area contributed by atoms with Gasteiger partial charge in [0.2, 0.25) is 0 Å². The molecule has 27 heavy (non-hydrogen) atoms. The highest BCUT2D eigenvalue weighted by Crippen LogP contribution is 2.24. The van der Waals surface area contributed by atoms with E-state index in [4.69, 9.17) is 4.74 Å². The molecule has 0 N–H and O–H groups in total. The van der Waals surface area contributed by atoms with Gasteiger partial charge < -0.3 is 9.64 Å². The van der Waals surface area contributed by atoms with Crippen LogP contribution in [0.25, 0.3) is 0 Å².